The molecule has 1 aromatic heterocycles. The third-order valence-corrected chi connectivity index (χ3v) is 2.48. The Morgan fingerprint density at radius 1 is 1.47 bits per heavy atom. The summed E-state index contributed by atoms with van der Waals surface area (Å²) in [5.74, 6) is 0.635. The van der Waals surface area contributed by atoms with E-state index >= 15 is 0 Å². The van der Waals surface area contributed by atoms with Gasteiger partial charge in [0.2, 0.25) is 0 Å². The minimum Gasteiger partial charge on any atom is -0.383 e. The van der Waals surface area contributed by atoms with Crippen LogP contribution < -0.4 is 5.73 Å². The Hall–Kier alpha value is -1.09. The highest BCUT2D eigenvalue weighted by Gasteiger charge is 2.12. The lowest BCUT2D eigenvalue weighted by molar-refractivity contribution is 0.276. The number of hydrogen-bond donors (Lipinski definition) is 1. The number of nitrogens with zero attached hydrogens (tertiary/aromatic N) is 2. The summed E-state index contributed by atoms with van der Waals surface area (Å²) in [5, 5.41) is 0. The van der Waals surface area contributed by atoms with Gasteiger partial charge in [-0.15, -0.1) is 0 Å². The lowest BCUT2D eigenvalue weighted by atomic mass is 10.1. The zero-order valence-electron chi connectivity index (χ0n) is 10.5. The van der Waals surface area contributed by atoms with E-state index < -0.39 is 0 Å². The van der Waals surface area contributed by atoms with E-state index in [-0.39, 0.29) is 0 Å². The van der Waals surface area contributed by atoms with Crippen LogP contribution in [-0.2, 0) is 0 Å². The molecule has 0 fully saturated rings. The molecule has 3 nitrogen and oxygen atoms in total. The number of rotatable bonds is 3. The molecule has 2 N–H and O–H groups in total. The molecule has 0 aliphatic carbocycles. The molecule has 1 aromatic rings. The van der Waals surface area contributed by atoms with Crippen LogP contribution in [0.4, 0.5) is 5.82 Å². The van der Waals surface area contributed by atoms with E-state index in [0.29, 0.717) is 11.9 Å². The summed E-state index contributed by atoms with van der Waals surface area (Å²) < 4.78 is 0. The molecule has 86 valence electrons. The number of nitrogens with two attached hydrogens (primary N) is 1. The lowest BCUT2D eigenvalue weighted by Gasteiger charge is -2.23. The maximum absolute atomic E-state index is 5.78. The fourth-order valence-electron chi connectivity index (χ4n) is 1.29. The molecule has 1 unspecified atom stereocenters. The lowest BCUT2D eigenvalue weighted by Crippen LogP contribution is -2.22. The van der Waals surface area contributed by atoms with Gasteiger partial charge in [0.1, 0.15) is 5.82 Å². The van der Waals surface area contributed by atoms with E-state index in [1.165, 1.54) is 0 Å². The molecular formula is C12H23N3. The van der Waals surface area contributed by atoms with Crippen molar-refractivity contribution in [3.8, 4) is 0 Å². The van der Waals surface area contributed by atoms with Crippen molar-refractivity contribution in [3.63, 3.8) is 0 Å². The van der Waals surface area contributed by atoms with Crippen molar-refractivity contribution in [1.29, 1.82) is 0 Å². The summed E-state index contributed by atoms with van der Waals surface area (Å²) in [6.07, 6.45) is 1.72. The molecule has 15 heavy (non-hydrogen) atoms. The van der Waals surface area contributed by atoms with Crippen LogP contribution >= 0.6 is 0 Å². The first-order chi connectivity index (χ1) is 7.16. The molecule has 3 heteroatoms. The van der Waals surface area contributed by atoms with E-state index in [1.54, 1.807) is 6.20 Å². The van der Waals surface area contributed by atoms with Crippen molar-refractivity contribution in [2.45, 2.75) is 33.7 Å². The Kier molecular flexibility index (Phi) is 6.71. The summed E-state index contributed by atoms with van der Waals surface area (Å²) in [6.45, 7) is 9.27. The topological polar surface area (TPSA) is 42.2 Å². The van der Waals surface area contributed by atoms with Gasteiger partial charge in [0.25, 0.3) is 0 Å². The predicted molar refractivity (Wildman–Crippen MR) is 66.7 cm³/mol. The van der Waals surface area contributed by atoms with E-state index in [0.717, 1.165) is 12.1 Å². The summed E-state index contributed by atoms with van der Waals surface area (Å²) in [7, 11) is 2.08. The molecule has 1 atom stereocenters. The van der Waals surface area contributed by atoms with Gasteiger partial charge >= 0.3 is 0 Å². The van der Waals surface area contributed by atoms with Crippen LogP contribution in [0.2, 0.25) is 0 Å². The van der Waals surface area contributed by atoms with Gasteiger partial charge in [-0.25, -0.2) is 4.98 Å². The molecule has 0 saturated heterocycles. The molecule has 1 heterocycles. The van der Waals surface area contributed by atoms with E-state index in [2.05, 4.69) is 30.8 Å². The minimum absolute atomic E-state index is 0.332. The summed E-state index contributed by atoms with van der Waals surface area (Å²) >= 11 is 0. The quantitative estimate of drug-likeness (QED) is 0.832. The molecule has 0 saturated carbocycles. The van der Waals surface area contributed by atoms with Gasteiger partial charge < -0.3 is 5.73 Å². The summed E-state index contributed by atoms with van der Waals surface area (Å²) in [5.41, 5.74) is 6.88. The van der Waals surface area contributed by atoms with Crippen LogP contribution in [0, 0.1) is 0 Å². The van der Waals surface area contributed by atoms with Gasteiger partial charge in [-0.05, 0) is 26.6 Å². The smallest absolute Gasteiger partial charge is 0.128 e. The zero-order chi connectivity index (χ0) is 11.8. The second-order valence-electron chi connectivity index (χ2n) is 3.23. The first-order valence-electron chi connectivity index (χ1n) is 5.57. The van der Waals surface area contributed by atoms with Crippen molar-refractivity contribution < 1.29 is 0 Å². The molecule has 0 aromatic carbocycles. The number of nitrogen functional groups attached to an aromatic ring is 1. The van der Waals surface area contributed by atoms with Crippen LogP contribution in [0.1, 0.15) is 39.3 Å². The number of pyridine rings is 1. The van der Waals surface area contributed by atoms with E-state index in [4.69, 9.17) is 5.73 Å². The molecule has 1 rings (SSSR count). The fraction of sp³-hybridized carbons (Fsp3) is 0.583. The van der Waals surface area contributed by atoms with Crippen LogP contribution in [0.5, 0.6) is 0 Å². The molecule has 0 spiro atoms. The monoisotopic (exact) mass is 209 g/mol. The van der Waals surface area contributed by atoms with Crippen molar-refractivity contribution in [2.75, 3.05) is 19.3 Å². The number of hydrogen-bond acceptors (Lipinski definition) is 3. The maximum atomic E-state index is 5.78. The Labute approximate surface area is 93.3 Å². The average molecular weight is 209 g/mol. The second-order valence-corrected chi connectivity index (χ2v) is 3.23. The highest BCUT2D eigenvalue weighted by Crippen LogP contribution is 2.21. The zero-order valence-corrected chi connectivity index (χ0v) is 10.5. The first-order valence-corrected chi connectivity index (χ1v) is 5.57. The second kappa shape index (κ2) is 7.23. The van der Waals surface area contributed by atoms with Crippen LogP contribution in [0.3, 0.4) is 0 Å². The van der Waals surface area contributed by atoms with Crippen LogP contribution in [0.25, 0.3) is 0 Å². The SMILES string of the molecule is CC.CCN(C)C(C)c1cccnc1N. The Morgan fingerprint density at radius 3 is 2.53 bits per heavy atom. The number of aromatic nitrogens is 1. The third kappa shape index (κ3) is 3.88. The molecule has 0 radical (unpaired) electrons. The van der Waals surface area contributed by atoms with Gasteiger partial charge in [0.05, 0.1) is 0 Å². The molecular weight excluding hydrogens is 186 g/mol. The summed E-state index contributed by atoms with van der Waals surface area (Å²) in [6, 6.07) is 4.28. The minimum atomic E-state index is 0.332. The standard InChI is InChI=1S/C10H17N3.C2H6/c1-4-13(3)8(2)9-6-5-7-12-10(9)11;1-2/h5-8H,4H2,1-3H3,(H2,11,12);1-2H3. The highest BCUT2D eigenvalue weighted by molar-refractivity contribution is 5.40. The predicted octanol–water partition coefficient (Wildman–Crippen LogP) is 2.70. The van der Waals surface area contributed by atoms with Gasteiger partial charge in [-0.1, -0.05) is 26.8 Å². The van der Waals surface area contributed by atoms with Crippen LogP contribution in [0.15, 0.2) is 18.3 Å². The van der Waals surface area contributed by atoms with Crippen molar-refractivity contribution >= 4 is 5.82 Å². The van der Waals surface area contributed by atoms with Crippen molar-refractivity contribution in [1.82, 2.24) is 9.88 Å². The first kappa shape index (κ1) is 13.9. The average Bonchev–Trinajstić information content (AvgIpc) is 2.30. The molecule has 0 aliphatic rings. The normalized spacial score (nSPS) is 11.9. The Morgan fingerprint density at radius 2 is 2.07 bits per heavy atom. The molecule has 0 bridgehead atoms. The van der Waals surface area contributed by atoms with Gasteiger partial charge in [-0.3, -0.25) is 4.90 Å². The van der Waals surface area contributed by atoms with Crippen molar-refractivity contribution in [2.24, 2.45) is 0 Å². The molecule has 0 amide bonds. The largest absolute Gasteiger partial charge is 0.383 e. The summed E-state index contributed by atoms with van der Waals surface area (Å²) in [4.78, 5) is 6.30. The number of anilines is 1. The van der Waals surface area contributed by atoms with Gasteiger partial charge in [0.15, 0.2) is 0 Å². The molecule has 0 aliphatic heterocycles. The van der Waals surface area contributed by atoms with Gasteiger partial charge in [0, 0.05) is 17.8 Å². The van der Waals surface area contributed by atoms with E-state index in [9.17, 15) is 0 Å². The Balaban J connectivity index is 0.000000921. The maximum Gasteiger partial charge on any atom is 0.128 e. The van der Waals surface area contributed by atoms with E-state index in [1.807, 2.05) is 26.0 Å². The Bertz CT molecular complexity index is 273. The van der Waals surface area contributed by atoms with Crippen LogP contribution in [-0.4, -0.2) is 23.5 Å². The highest BCUT2D eigenvalue weighted by atomic mass is 15.1. The fourth-order valence-corrected chi connectivity index (χ4v) is 1.29. The van der Waals surface area contributed by atoms with Gasteiger partial charge in [-0.2, -0.15) is 0 Å². The van der Waals surface area contributed by atoms with Crippen molar-refractivity contribution in [3.05, 3.63) is 23.9 Å². The third-order valence-electron chi connectivity index (χ3n) is 2.48.